The van der Waals surface area contributed by atoms with Gasteiger partial charge in [-0.1, -0.05) is 29.6 Å². The Balaban J connectivity index is 0.00000225. The van der Waals surface area contributed by atoms with Crippen molar-refractivity contribution in [2.24, 2.45) is 5.73 Å². The Morgan fingerprint density at radius 2 is 2.00 bits per heavy atom. The van der Waals surface area contributed by atoms with Gasteiger partial charge in [0.1, 0.15) is 0 Å². The number of benzene rings is 1. The average molecular weight is 366 g/mol. The van der Waals surface area contributed by atoms with Gasteiger partial charge in [0.2, 0.25) is 0 Å². The molecule has 1 aliphatic rings. The van der Waals surface area contributed by atoms with Crippen molar-refractivity contribution in [1.29, 1.82) is 0 Å². The van der Waals surface area contributed by atoms with Gasteiger partial charge in [-0.05, 0) is 31.9 Å². The minimum absolute atomic E-state index is 0. The molecule has 1 heterocycles. The first-order valence-electron chi connectivity index (χ1n) is 8.11. The Morgan fingerprint density at radius 3 is 2.64 bits per heavy atom. The standard InChI is InChI=1S/C17H23N5O2.ClH/c1-11-6-7-13(19-16(23)22(2)3)12(10-11)14-20-15(21-24-14)17(18)8-4-5-9-17;/h6-7,10H,4-5,8-9,18H2,1-3H3,(H,19,23);1H. The number of anilines is 1. The lowest BCUT2D eigenvalue weighted by Gasteiger charge is -2.17. The summed E-state index contributed by atoms with van der Waals surface area (Å²) in [7, 11) is 3.37. The maximum atomic E-state index is 12.0. The van der Waals surface area contributed by atoms with Crippen molar-refractivity contribution in [1.82, 2.24) is 15.0 Å². The summed E-state index contributed by atoms with van der Waals surface area (Å²) in [4.78, 5) is 18.0. The van der Waals surface area contributed by atoms with Crippen LogP contribution >= 0.6 is 12.4 Å². The third kappa shape index (κ3) is 3.93. The lowest BCUT2D eigenvalue weighted by molar-refractivity contribution is 0.230. The lowest BCUT2D eigenvalue weighted by Crippen LogP contribution is -2.34. The van der Waals surface area contributed by atoms with Crippen molar-refractivity contribution in [2.45, 2.75) is 38.1 Å². The maximum Gasteiger partial charge on any atom is 0.321 e. The third-order valence-corrected chi connectivity index (χ3v) is 4.42. The molecule has 0 atom stereocenters. The molecule has 1 aliphatic carbocycles. The fourth-order valence-corrected chi connectivity index (χ4v) is 2.94. The van der Waals surface area contributed by atoms with Crippen LogP contribution in [0.15, 0.2) is 22.7 Å². The highest BCUT2D eigenvalue weighted by Crippen LogP contribution is 2.36. The van der Waals surface area contributed by atoms with Crippen molar-refractivity contribution in [2.75, 3.05) is 19.4 Å². The Kier molecular flexibility index (Phi) is 5.69. The minimum atomic E-state index is -0.501. The quantitative estimate of drug-likeness (QED) is 0.869. The van der Waals surface area contributed by atoms with Gasteiger partial charge in [-0.3, -0.25) is 0 Å². The van der Waals surface area contributed by atoms with E-state index in [9.17, 15) is 4.79 Å². The predicted molar refractivity (Wildman–Crippen MR) is 98.8 cm³/mol. The molecule has 3 rings (SSSR count). The van der Waals surface area contributed by atoms with E-state index < -0.39 is 5.54 Å². The molecule has 2 amide bonds. The van der Waals surface area contributed by atoms with E-state index in [1.807, 2.05) is 25.1 Å². The van der Waals surface area contributed by atoms with Crippen LogP contribution in [0.4, 0.5) is 10.5 Å². The number of carbonyl (C=O) groups is 1. The molecule has 1 aromatic carbocycles. The highest BCUT2D eigenvalue weighted by molar-refractivity contribution is 5.93. The molecular weight excluding hydrogens is 342 g/mol. The first-order chi connectivity index (χ1) is 11.4. The van der Waals surface area contributed by atoms with Crippen LogP contribution < -0.4 is 11.1 Å². The van der Waals surface area contributed by atoms with Crippen LogP contribution in [0.3, 0.4) is 0 Å². The van der Waals surface area contributed by atoms with E-state index in [2.05, 4.69) is 15.5 Å². The SMILES string of the molecule is Cc1ccc(NC(=O)N(C)C)c(-c2nc(C3(N)CCCC3)no2)c1.Cl. The van der Waals surface area contributed by atoms with Gasteiger partial charge in [-0.2, -0.15) is 4.98 Å². The predicted octanol–water partition coefficient (Wildman–Crippen LogP) is 3.29. The molecule has 8 heteroatoms. The fourth-order valence-electron chi connectivity index (χ4n) is 2.94. The number of urea groups is 1. The smallest absolute Gasteiger partial charge is 0.321 e. The van der Waals surface area contributed by atoms with Gasteiger partial charge in [-0.25, -0.2) is 4.79 Å². The Labute approximate surface area is 153 Å². The molecule has 136 valence electrons. The summed E-state index contributed by atoms with van der Waals surface area (Å²) in [5, 5.41) is 6.95. The summed E-state index contributed by atoms with van der Waals surface area (Å²) in [5.74, 6) is 0.917. The summed E-state index contributed by atoms with van der Waals surface area (Å²) in [6.07, 6.45) is 3.89. The number of nitrogens with one attached hydrogen (secondary N) is 1. The first-order valence-corrected chi connectivity index (χ1v) is 8.11. The molecule has 0 saturated heterocycles. The largest absolute Gasteiger partial charge is 0.334 e. The van der Waals surface area contributed by atoms with Gasteiger partial charge in [-0.15, -0.1) is 12.4 Å². The van der Waals surface area contributed by atoms with Crippen LogP contribution in [-0.2, 0) is 5.54 Å². The lowest BCUT2D eigenvalue weighted by atomic mass is 9.98. The summed E-state index contributed by atoms with van der Waals surface area (Å²) in [6, 6.07) is 5.46. The molecule has 1 fully saturated rings. The zero-order valence-electron chi connectivity index (χ0n) is 14.7. The molecular formula is C17H24ClN5O2. The summed E-state index contributed by atoms with van der Waals surface area (Å²) >= 11 is 0. The highest BCUT2D eigenvalue weighted by atomic mass is 35.5. The van der Waals surface area contributed by atoms with Crippen molar-refractivity contribution in [3.05, 3.63) is 29.6 Å². The molecule has 2 aromatic rings. The third-order valence-electron chi connectivity index (χ3n) is 4.42. The first kappa shape index (κ1) is 19.2. The summed E-state index contributed by atoms with van der Waals surface area (Å²) < 4.78 is 5.46. The number of aryl methyl sites for hydroxylation is 1. The molecule has 0 spiro atoms. The van der Waals surface area contributed by atoms with Crippen molar-refractivity contribution >= 4 is 24.1 Å². The number of carbonyl (C=O) groups excluding carboxylic acids is 1. The number of hydrogen-bond donors (Lipinski definition) is 2. The Morgan fingerprint density at radius 1 is 1.32 bits per heavy atom. The zero-order valence-corrected chi connectivity index (χ0v) is 15.5. The molecule has 0 unspecified atom stereocenters. The van der Waals surface area contributed by atoms with Gasteiger partial charge in [0, 0.05) is 14.1 Å². The Hall–Kier alpha value is -2.12. The second-order valence-electron chi connectivity index (χ2n) is 6.66. The second kappa shape index (κ2) is 7.41. The number of nitrogens with two attached hydrogens (primary N) is 1. The number of halogens is 1. The van der Waals surface area contributed by atoms with Crippen LogP contribution in [0, 0.1) is 6.92 Å². The molecule has 1 saturated carbocycles. The molecule has 7 nitrogen and oxygen atoms in total. The number of rotatable bonds is 3. The second-order valence-corrected chi connectivity index (χ2v) is 6.66. The topological polar surface area (TPSA) is 97.3 Å². The van der Waals surface area contributed by atoms with E-state index in [-0.39, 0.29) is 18.4 Å². The van der Waals surface area contributed by atoms with E-state index in [1.165, 1.54) is 4.90 Å². The molecule has 25 heavy (non-hydrogen) atoms. The maximum absolute atomic E-state index is 12.0. The average Bonchev–Trinajstić information content (AvgIpc) is 3.18. The van der Waals surface area contributed by atoms with E-state index in [4.69, 9.17) is 10.3 Å². The van der Waals surface area contributed by atoms with E-state index in [1.54, 1.807) is 14.1 Å². The molecule has 0 radical (unpaired) electrons. The normalized spacial score (nSPS) is 15.5. The summed E-state index contributed by atoms with van der Waals surface area (Å²) in [5.41, 5.74) is 8.27. The van der Waals surface area contributed by atoms with Crippen LogP contribution in [0.25, 0.3) is 11.5 Å². The van der Waals surface area contributed by atoms with Gasteiger partial charge in [0.05, 0.1) is 16.8 Å². The van der Waals surface area contributed by atoms with Crippen molar-refractivity contribution in [3.8, 4) is 11.5 Å². The zero-order chi connectivity index (χ0) is 17.3. The number of aromatic nitrogens is 2. The van der Waals surface area contributed by atoms with Crippen LogP contribution in [0.2, 0.25) is 0 Å². The highest BCUT2D eigenvalue weighted by Gasteiger charge is 2.36. The molecule has 3 N–H and O–H groups in total. The molecule has 1 aromatic heterocycles. The van der Waals surface area contributed by atoms with Gasteiger partial charge in [0.15, 0.2) is 5.82 Å². The van der Waals surface area contributed by atoms with Gasteiger partial charge >= 0.3 is 6.03 Å². The Bertz CT molecular complexity index is 753. The summed E-state index contributed by atoms with van der Waals surface area (Å²) in [6.45, 7) is 1.97. The number of nitrogens with zero attached hydrogens (tertiary/aromatic N) is 3. The minimum Gasteiger partial charge on any atom is -0.334 e. The van der Waals surface area contributed by atoms with E-state index in [0.29, 0.717) is 23.0 Å². The van der Waals surface area contributed by atoms with E-state index >= 15 is 0 Å². The number of hydrogen-bond acceptors (Lipinski definition) is 5. The van der Waals surface area contributed by atoms with Crippen molar-refractivity contribution in [3.63, 3.8) is 0 Å². The van der Waals surface area contributed by atoms with E-state index in [0.717, 1.165) is 31.2 Å². The fraction of sp³-hybridized carbons (Fsp3) is 0.471. The number of amides is 2. The van der Waals surface area contributed by atoms with Crippen molar-refractivity contribution < 1.29 is 9.32 Å². The van der Waals surface area contributed by atoms with Gasteiger partial charge < -0.3 is 20.5 Å². The van der Waals surface area contributed by atoms with Crippen LogP contribution in [0.5, 0.6) is 0 Å². The van der Waals surface area contributed by atoms with Gasteiger partial charge in [0.25, 0.3) is 5.89 Å². The van der Waals surface area contributed by atoms with Crippen LogP contribution in [0.1, 0.15) is 37.1 Å². The molecule has 0 bridgehead atoms. The van der Waals surface area contributed by atoms with Crippen LogP contribution in [-0.4, -0.2) is 35.2 Å². The molecule has 0 aliphatic heterocycles. The monoisotopic (exact) mass is 365 g/mol.